The van der Waals surface area contributed by atoms with E-state index in [-0.39, 0.29) is 27.0 Å². The maximum Gasteiger partial charge on any atom is 0.390 e. The molecule has 32 heavy (non-hydrogen) atoms. The summed E-state index contributed by atoms with van der Waals surface area (Å²) in [5.74, 6) is -0.706. The average molecular weight is 479 g/mol. The summed E-state index contributed by atoms with van der Waals surface area (Å²) in [6, 6.07) is 10.1. The Morgan fingerprint density at radius 2 is 1.84 bits per heavy atom. The molecule has 1 N–H and O–H groups in total. The normalized spacial score (nSPS) is 12.2. The Hall–Kier alpha value is -3.44. The lowest BCUT2D eigenvalue weighted by molar-refractivity contribution is -0.389. The van der Waals surface area contributed by atoms with Crippen molar-refractivity contribution >= 4 is 38.9 Å². The number of nitrogens with one attached hydrogen (secondary N) is 1. The Kier molecular flexibility index (Phi) is 6.51. The van der Waals surface area contributed by atoms with Gasteiger partial charge >= 0.3 is 5.82 Å². The highest BCUT2D eigenvalue weighted by Crippen LogP contribution is 2.29. The number of amides is 1. The second-order valence-electron chi connectivity index (χ2n) is 6.87. The number of aryl methyl sites for hydroxylation is 1. The summed E-state index contributed by atoms with van der Waals surface area (Å²) in [6.07, 6.45) is 0. The molecule has 2 aromatic carbocycles. The molecule has 12 heteroatoms. The molecule has 0 saturated heterocycles. The summed E-state index contributed by atoms with van der Waals surface area (Å²) in [5, 5.41) is 17.8. The number of carbonyl (C=O) groups is 1. The quantitative estimate of drug-likeness (QED) is 0.403. The van der Waals surface area contributed by atoms with Crippen LogP contribution in [0.4, 0.5) is 11.5 Å². The second kappa shape index (κ2) is 8.97. The minimum Gasteiger partial charge on any atom is -0.497 e. The van der Waals surface area contributed by atoms with Gasteiger partial charge in [-0.1, -0.05) is 11.6 Å². The van der Waals surface area contributed by atoms with E-state index in [1.807, 2.05) is 0 Å². The lowest BCUT2D eigenvalue weighted by atomic mass is 10.2. The molecular formula is C20H19ClN4O6S. The molecular weight excluding hydrogens is 460 g/mol. The minimum absolute atomic E-state index is 0.0280. The molecule has 3 aromatic rings. The van der Waals surface area contributed by atoms with Crippen molar-refractivity contribution in [2.45, 2.75) is 29.7 Å². The van der Waals surface area contributed by atoms with Gasteiger partial charge < -0.3 is 20.2 Å². The van der Waals surface area contributed by atoms with E-state index in [1.54, 1.807) is 6.92 Å². The van der Waals surface area contributed by atoms with Crippen LogP contribution in [-0.4, -0.2) is 36.1 Å². The molecule has 0 bridgehead atoms. The van der Waals surface area contributed by atoms with E-state index in [2.05, 4.69) is 10.4 Å². The number of methoxy groups -OCH3 is 1. The van der Waals surface area contributed by atoms with Crippen LogP contribution < -0.4 is 10.1 Å². The Balaban J connectivity index is 1.92. The molecule has 0 fully saturated rings. The molecule has 3 rings (SSSR count). The van der Waals surface area contributed by atoms with Gasteiger partial charge in [0, 0.05) is 16.8 Å². The zero-order valence-corrected chi connectivity index (χ0v) is 18.8. The lowest BCUT2D eigenvalue weighted by Gasteiger charge is -2.14. The molecule has 0 spiro atoms. The van der Waals surface area contributed by atoms with Gasteiger partial charge in [0.25, 0.3) is 5.91 Å². The maximum atomic E-state index is 13.0. The average Bonchev–Trinajstić information content (AvgIpc) is 3.15. The van der Waals surface area contributed by atoms with E-state index in [1.165, 1.54) is 67.2 Å². The summed E-state index contributed by atoms with van der Waals surface area (Å²) in [5.41, 5.74) is 0.601. The van der Waals surface area contributed by atoms with Crippen molar-refractivity contribution in [3.8, 4) is 5.75 Å². The van der Waals surface area contributed by atoms with Crippen molar-refractivity contribution in [3.63, 3.8) is 0 Å². The van der Waals surface area contributed by atoms with E-state index in [0.717, 1.165) is 0 Å². The predicted molar refractivity (Wildman–Crippen MR) is 117 cm³/mol. The van der Waals surface area contributed by atoms with Crippen molar-refractivity contribution < 1.29 is 22.9 Å². The smallest absolute Gasteiger partial charge is 0.390 e. The fourth-order valence-electron chi connectivity index (χ4n) is 2.98. The highest BCUT2D eigenvalue weighted by Gasteiger charge is 2.26. The van der Waals surface area contributed by atoms with Gasteiger partial charge in [0.05, 0.1) is 33.8 Å². The summed E-state index contributed by atoms with van der Waals surface area (Å²) in [6.45, 7) is 3.11. The third-order valence-corrected chi connectivity index (χ3v) is 6.66. The molecule has 1 aromatic heterocycles. The van der Waals surface area contributed by atoms with Crippen LogP contribution in [0.3, 0.4) is 0 Å². The summed E-state index contributed by atoms with van der Waals surface area (Å²) in [4.78, 5) is 23.0. The van der Waals surface area contributed by atoms with E-state index in [0.29, 0.717) is 10.7 Å². The van der Waals surface area contributed by atoms with Crippen molar-refractivity contribution in [2.75, 3.05) is 12.4 Å². The van der Waals surface area contributed by atoms with Gasteiger partial charge in [-0.15, -0.1) is 0 Å². The van der Waals surface area contributed by atoms with Crippen LogP contribution >= 0.6 is 11.6 Å². The van der Waals surface area contributed by atoms with Crippen molar-refractivity contribution in [1.82, 2.24) is 9.78 Å². The van der Waals surface area contributed by atoms with E-state index in [9.17, 15) is 23.3 Å². The number of sulfone groups is 1. The molecule has 1 amide bonds. The first-order valence-corrected chi connectivity index (χ1v) is 11.1. The standard InChI is InChI=1S/C20H19ClN4O6S/c1-12-8-19(25(27)28)23-24(12)13(2)20(26)22-15-9-16(31-3)11-18(10-15)32(29,30)17-6-4-14(21)5-7-17/h4-11,13H,1-3H3,(H,22,26). The Labute approximate surface area is 188 Å². The number of benzene rings is 2. The first-order valence-electron chi connectivity index (χ1n) is 9.24. The Morgan fingerprint density at radius 1 is 1.19 bits per heavy atom. The summed E-state index contributed by atoms with van der Waals surface area (Å²) >= 11 is 5.84. The van der Waals surface area contributed by atoms with Gasteiger partial charge in [-0.25, -0.2) is 8.42 Å². The molecule has 168 valence electrons. The van der Waals surface area contributed by atoms with Crippen LogP contribution in [-0.2, 0) is 14.6 Å². The first-order chi connectivity index (χ1) is 15.0. The zero-order valence-electron chi connectivity index (χ0n) is 17.3. The lowest BCUT2D eigenvalue weighted by Crippen LogP contribution is -2.25. The van der Waals surface area contributed by atoms with Crippen molar-refractivity contribution in [1.29, 1.82) is 0 Å². The second-order valence-corrected chi connectivity index (χ2v) is 9.25. The SMILES string of the molecule is COc1cc(NC(=O)C(C)n2nc([N+](=O)[O-])cc2C)cc(S(=O)(=O)c2ccc(Cl)cc2)c1. The molecule has 0 radical (unpaired) electrons. The fourth-order valence-corrected chi connectivity index (χ4v) is 4.42. The third kappa shape index (κ3) is 4.73. The Bertz CT molecular complexity index is 1290. The van der Waals surface area contributed by atoms with Crippen LogP contribution in [0.5, 0.6) is 5.75 Å². The van der Waals surface area contributed by atoms with E-state index >= 15 is 0 Å². The van der Waals surface area contributed by atoms with Gasteiger partial charge in [0.15, 0.2) is 0 Å². The van der Waals surface area contributed by atoms with Gasteiger partial charge in [-0.3, -0.25) is 4.79 Å². The molecule has 0 aliphatic rings. The third-order valence-electron chi connectivity index (χ3n) is 4.66. The van der Waals surface area contributed by atoms with E-state index < -0.39 is 26.7 Å². The van der Waals surface area contributed by atoms with Gasteiger partial charge in [0.2, 0.25) is 9.84 Å². The molecule has 1 unspecified atom stereocenters. The number of rotatable bonds is 7. The number of anilines is 1. The number of hydrogen-bond donors (Lipinski definition) is 1. The number of nitro groups is 1. The van der Waals surface area contributed by atoms with Crippen LogP contribution in [0.25, 0.3) is 0 Å². The molecule has 0 saturated carbocycles. The summed E-state index contributed by atoms with van der Waals surface area (Å²) < 4.78 is 32.5. The number of carbonyl (C=O) groups excluding carboxylic acids is 1. The molecule has 1 heterocycles. The molecule has 0 aliphatic heterocycles. The number of ether oxygens (including phenoxy) is 1. The summed E-state index contributed by atoms with van der Waals surface area (Å²) in [7, 11) is -2.54. The number of hydrogen-bond acceptors (Lipinski definition) is 7. The van der Waals surface area contributed by atoms with Crippen molar-refractivity contribution in [3.05, 3.63) is 69.4 Å². The fraction of sp³-hybridized carbons (Fsp3) is 0.200. The monoisotopic (exact) mass is 478 g/mol. The number of halogens is 1. The van der Waals surface area contributed by atoms with E-state index in [4.69, 9.17) is 16.3 Å². The highest BCUT2D eigenvalue weighted by atomic mass is 35.5. The van der Waals surface area contributed by atoms with Crippen LogP contribution in [0.15, 0.2) is 58.3 Å². The first kappa shape index (κ1) is 23.2. The topological polar surface area (TPSA) is 133 Å². The van der Waals surface area contributed by atoms with Gasteiger partial charge in [-0.2, -0.15) is 4.68 Å². The van der Waals surface area contributed by atoms with Crippen LogP contribution in [0, 0.1) is 17.0 Å². The predicted octanol–water partition coefficient (Wildman–Crippen LogP) is 3.79. The highest BCUT2D eigenvalue weighted by molar-refractivity contribution is 7.91. The van der Waals surface area contributed by atoms with Crippen LogP contribution in [0.1, 0.15) is 18.7 Å². The Morgan fingerprint density at radius 3 is 2.41 bits per heavy atom. The molecule has 1 atom stereocenters. The number of nitrogens with zero attached hydrogens (tertiary/aromatic N) is 3. The van der Waals surface area contributed by atoms with Crippen LogP contribution in [0.2, 0.25) is 5.02 Å². The maximum absolute atomic E-state index is 13.0. The largest absolute Gasteiger partial charge is 0.497 e. The van der Waals surface area contributed by atoms with Gasteiger partial charge in [-0.05, 0) is 55.2 Å². The van der Waals surface area contributed by atoms with Gasteiger partial charge in [0.1, 0.15) is 11.8 Å². The molecule has 10 nitrogen and oxygen atoms in total. The molecule has 0 aliphatic carbocycles. The number of aromatic nitrogens is 2. The zero-order chi connectivity index (χ0) is 23.6. The van der Waals surface area contributed by atoms with Crippen molar-refractivity contribution in [2.24, 2.45) is 0 Å². The minimum atomic E-state index is -3.91.